The van der Waals surface area contributed by atoms with Crippen LogP contribution in [0.4, 0.5) is 0 Å². The Kier molecular flexibility index (Phi) is 5.45. The summed E-state index contributed by atoms with van der Waals surface area (Å²) >= 11 is 3.37. The van der Waals surface area contributed by atoms with Gasteiger partial charge in [-0.15, -0.1) is 0 Å². The zero-order valence-corrected chi connectivity index (χ0v) is 14.2. The van der Waals surface area contributed by atoms with Crippen molar-refractivity contribution in [1.82, 2.24) is 4.90 Å². The minimum atomic E-state index is -0.951. The molecule has 0 aliphatic carbocycles. The van der Waals surface area contributed by atoms with Gasteiger partial charge >= 0.3 is 5.97 Å². The lowest BCUT2D eigenvalue weighted by Crippen LogP contribution is -2.53. The molecule has 2 rings (SSSR count). The maximum absolute atomic E-state index is 12.6. The van der Waals surface area contributed by atoms with Crippen molar-refractivity contribution >= 4 is 27.8 Å². The number of piperidine rings is 1. The number of ether oxygens (including phenoxy) is 1. The average Bonchev–Trinajstić information content (AvgIpc) is 2.48. The Morgan fingerprint density at radius 2 is 2.09 bits per heavy atom. The Morgan fingerprint density at radius 3 is 2.73 bits per heavy atom. The van der Waals surface area contributed by atoms with E-state index in [1.165, 1.54) is 4.90 Å². The molecule has 3 unspecified atom stereocenters. The third-order valence-corrected chi connectivity index (χ3v) is 4.58. The lowest BCUT2D eigenvalue weighted by Gasteiger charge is -2.37. The standard InChI is InChI=1S/C16H20BrNO4/c1-10-7-8-18(13(9-10)16(20)21)15(19)11(2)22-14-6-4-3-5-12(14)17/h3-6,10-11,13H,7-9H2,1-2H3,(H,20,21). The van der Waals surface area contributed by atoms with Gasteiger partial charge in [-0.25, -0.2) is 4.79 Å². The van der Waals surface area contributed by atoms with Crippen molar-refractivity contribution < 1.29 is 19.4 Å². The predicted octanol–water partition coefficient (Wildman–Crippen LogP) is 2.93. The van der Waals surface area contributed by atoms with Gasteiger partial charge in [0.2, 0.25) is 0 Å². The van der Waals surface area contributed by atoms with Crippen LogP contribution in [0.25, 0.3) is 0 Å². The van der Waals surface area contributed by atoms with Crippen LogP contribution in [0.5, 0.6) is 5.75 Å². The van der Waals surface area contributed by atoms with Crippen LogP contribution in [0.3, 0.4) is 0 Å². The monoisotopic (exact) mass is 369 g/mol. The summed E-state index contributed by atoms with van der Waals surface area (Å²) in [6, 6.07) is 6.51. The van der Waals surface area contributed by atoms with Crippen molar-refractivity contribution in [1.29, 1.82) is 0 Å². The van der Waals surface area contributed by atoms with Crippen molar-refractivity contribution in [3.8, 4) is 5.75 Å². The number of amides is 1. The van der Waals surface area contributed by atoms with Gasteiger partial charge in [0.15, 0.2) is 6.10 Å². The highest BCUT2D eigenvalue weighted by atomic mass is 79.9. The average molecular weight is 370 g/mol. The number of halogens is 1. The molecule has 0 bridgehead atoms. The predicted molar refractivity (Wildman–Crippen MR) is 85.8 cm³/mol. The quantitative estimate of drug-likeness (QED) is 0.885. The molecule has 1 fully saturated rings. The van der Waals surface area contributed by atoms with Crippen LogP contribution in [0.2, 0.25) is 0 Å². The third-order valence-electron chi connectivity index (χ3n) is 3.92. The molecule has 1 aromatic carbocycles. The Labute approximate surface area is 138 Å². The molecule has 1 N–H and O–H groups in total. The lowest BCUT2D eigenvalue weighted by atomic mass is 9.92. The second-order valence-electron chi connectivity index (χ2n) is 5.71. The molecular formula is C16H20BrNO4. The smallest absolute Gasteiger partial charge is 0.326 e. The summed E-state index contributed by atoms with van der Waals surface area (Å²) in [4.78, 5) is 25.4. The zero-order chi connectivity index (χ0) is 16.3. The number of hydrogen-bond donors (Lipinski definition) is 1. The maximum Gasteiger partial charge on any atom is 0.326 e. The van der Waals surface area contributed by atoms with Crippen LogP contribution < -0.4 is 4.74 Å². The lowest BCUT2D eigenvalue weighted by molar-refractivity contribution is -0.156. The normalized spacial score (nSPS) is 23.0. The van der Waals surface area contributed by atoms with Crippen molar-refractivity contribution in [3.63, 3.8) is 0 Å². The van der Waals surface area contributed by atoms with Gasteiger partial charge in [-0.2, -0.15) is 0 Å². The van der Waals surface area contributed by atoms with E-state index in [4.69, 9.17) is 4.74 Å². The molecule has 0 aromatic heterocycles. The molecule has 1 aliphatic heterocycles. The Morgan fingerprint density at radius 1 is 1.41 bits per heavy atom. The van der Waals surface area contributed by atoms with Crippen molar-refractivity contribution in [2.75, 3.05) is 6.54 Å². The van der Waals surface area contributed by atoms with Crippen LogP contribution in [0.1, 0.15) is 26.7 Å². The van der Waals surface area contributed by atoms with Gasteiger partial charge in [-0.1, -0.05) is 19.1 Å². The fourth-order valence-corrected chi connectivity index (χ4v) is 3.03. The molecule has 0 spiro atoms. The molecule has 1 amide bonds. The van der Waals surface area contributed by atoms with E-state index in [9.17, 15) is 14.7 Å². The van der Waals surface area contributed by atoms with Crippen LogP contribution in [-0.2, 0) is 9.59 Å². The summed E-state index contributed by atoms with van der Waals surface area (Å²) in [6.07, 6.45) is 0.578. The minimum Gasteiger partial charge on any atom is -0.480 e. The van der Waals surface area contributed by atoms with Gasteiger partial charge in [0.1, 0.15) is 11.8 Å². The van der Waals surface area contributed by atoms with E-state index >= 15 is 0 Å². The number of rotatable bonds is 4. The van der Waals surface area contributed by atoms with Gasteiger partial charge in [0.05, 0.1) is 4.47 Å². The summed E-state index contributed by atoms with van der Waals surface area (Å²) < 4.78 is 6.44. The molecule has 1 saturated heterocycles. The molecule has 1 aliphatic rings. The summed E-state index contributed by atoms with van der Waals surface area (Å²) in [5.41, 5.74) is 0. The van der Waals surface area contributed by atoms with Gasteiger partial charge in [0, 0.05) is 6.54 Å². The molecule has 22 heavy (non-hydrogen) atoms. The second kappa shape index (κ2) is 7.13. The van der Waals surface area contributed by atoms with Crippen LogP contribution in [0.15, 0.2) is 28.7 Å². The first-order valence-electron chi connectivity index (χ1n) is 7.34. The molecule has 3 atom stereocenters. The summed E-state index contributed by atoms with van der Waals surface area (Å²) in [6.45, 7) is 4.12. The number of carboxylic acids is 1. The van der Waals surface area contributed by atoms with Crippen molar-refractivity contribution in [2.45, 2.75) is 38.8 Å². The fourth-order valence-electron chi connectivity index (χ4n) is 2.65. The van der Waals surface area contributed by atoms with E-state index < -0.39 is 18.1 Å². The molecular weight excluding hydrogens is 350 g/mol. The van der Waals surface area contributed by atoms with Gasteiger partial charge < -0.3 is 14.7 Å². The van der Waals surface area contributed by atoms with E-state index in [2.05, 4.69) is 15.9 Å². The van der Waals surface area contributed by atoms with E-state index in [0.29, 0.717) is 24.6 Å². The Balaban J connectivity index is 2.09. The first kappa shape index (κ1) is 16.8. The topological polar surface area (TPSA) is 66.8 Å². The largest absolute Gasteiger partial charge is 0.480 e. The number of aliphatic carboxylic acids is 1. The minimum absolute atomic E-state index is 0.282. The number of nitrogens with zero attached hydrogens (tertiary/aromatic N) is 1. The highest BCUT2D eigenvalue weighted by Gasteiger charge is 2.37. The summed E-state index contributed by atoms with van der Waals surface area (Å²) in [5.74, 6) is -0.353. The SMILES string of the molecule is CC1CCN(C(=O)C(C)Oc2ccccc2Br)C(C(=O)O)C1. The number of carbonyl (C=O) groups excluding carboxylic acids is 1. The van der Waals surface area contributed by atoms with Gasteiger partial charge in [-0.3, -0.25) is 4.79 Å². The van der Waals surface area contributed by atoms with E-state index in [1.807, 2.05) is 25.1 Å². The number of benzene rings is 1. The first-order chi connectivity index (χ1) is 10.4. The van der Waals surface area contributed by atoms with Crippen molar-refractivity contribution in [3.05, 3.63) is 28.7 Å². The highest BCUT2D eigenvalue weighted by molar-refractivity contribution is 9.10. The van der Waals surface area contributed by atoms with Crippen molar-refractivity contribution in [2.24, 2.45) is 5.92 Å². The zero-order valence-electron chi connectivity index (χ0n) is 12.7. The molecule has 6 heteroatoms. The fraction of sp³-hybridized carbons (Fsp3) is 0.500. The highest BCUT2D eigenvalue weighted by Crippen LogP contribution is 2.27. The maximum atomic E-state index is 12.6. The Bertz CT molecular complexity index is 563. The third kappa shape index (κ3) is 3.80. The van der Waals surface area contributed by atoms with E-state index in [0.717, 1.165) is 10.9 Å². The number of carbonyl (C=O) groups is 2. The Hall–Kier alpha value is -1.56. The van der Waals surface area contributed by atoms with Crippen LogP contribution in [-0.4, -0.2) is 40.6 Å². The molecule has 1 heterocycles. The number of likely N-dealkylation sites (tertiary alicyclic amines) is 1. The van der Waals surface area contributed by atoms with Gasteiger partial charge in [-0.05, 0) is 53.7 Å². The molecule has 0 saturated carbocycles. The van der Waals surface area contributed by atoms with Crippen LogP contribution >= 0.6 is 15.9 Å². The molecule has 1 aromatic rings. The van der Waals surface area contributed by atoms with E-state index in [-0.39, 0.29) is 5.91 Å². The number of hydrogen-bond acceptors (Lipinski definition) is 3. The summed E-state index contributed by atoms with van der Waals surface area (Å²) in [5, 5.41) is 9.35. The van der Waals surface area contributed by atoms with Crippen LogP contribution in [0, 0.1) is 5.92 Å². The molecule has 120 valence electrons. The number of carboxylic acid groups (broad SMARTS) is 1. The van der Waals surface area contributed by atoms with Gasteiger partial charge in [0.25, 0.3) is 5.91 Å². The molecule has 0 radical (unpaired) electrons. The number of para-hydroxylation sites is 1. The second-order valence-corrected chi connectivity index (χ2v) is 6.56. The first-order valence-corrected chi connectivity index (χ1v) is 8.14. The van der Waals surface area contributed by atoms with E-state index in [1.54, 1.807) is 13.0 Å². The summed E-state index contributed by atoms with van der Waals surface area (Å²) in [7, 11) is 0. The molecule has 5 nitrogen and oxygen atoms in total.